The minimum atomic E-state index is -0.444. The van der Waals surface area contributed by atoms with Crippen molar-refractivity contribution in [3.8, 4) is 11.3 Å². The van der Waals surface area contributed by atoms with Crippen LogP contribution < -0.4 is 10.6 Å². The van der Waals surface area contributed by atoms with Gasteiger partial charge >= 0.3 is 6.03 Å². The lowest BCUT2D eigenvalue weighted by Crippen LogP contribution is -2.50. The highest BCUT2D eigenvalue weighted by molar-refractivity contribution is 5.97. The van der Waals surface area contributed by atoms with Gasteiger partial charge in [-0.25, -0.2) is 4.79 Å². The molecule has 1 aliphatic rings. The Bertz CT molecular complexity index is 757. The molecule has 1 aliphatic heterocycles. The maximum absolute atomic E-state index is 12.1. The molecule has 3 rings (SSSR count). The van der Waals surface area contributed by atoms with Crippen LogP contribution in [-0.4, -0.2) is 46.0 Å². The number of benzene rings is 1. The molecule has 2 aromatic rings. The third-order valence-electron chi connectivity index (χ3n) is 3.71. The summed E-state index contributed by atoms with van der Waals surface area (Å²) < 4.78 is 0. The molecule has 0 radical (unpaired) electrons. The summed E-state index contributed by atoms with van der Waals surface area (Å²) >= 11 is 0. The van der Waals surface area contributed by atoms with E-state index in [4.69, 9.17) is 0 Å². The number of carbonyl (C=O) groups excluding carboxylic acids is 3. The summed E-state index contributed by atoms with van der Waals surface area (Å²) in [4.78, 5) is 36.2. The molecule has 0 spiro atoms. The van der Waals surface area contributed by atoms with Gasteiger partial charge in [-0.2, -0.15) is 5.10 Å². The maximum Gasteiger partial charge on any atom is 0.324 e. The van der Waals surface area contributed by atoms with E-state index in [0.717, 1.165) is 11.3 Å². The quantitative estimate of drug-likeness (QED) is 0.770. The Labute approximate surface area is 138 Å². The maximum atomic E-state index is 12.1. The van der Waals surface area contributed by atoms with Gasteiger partial charge in [0.25, 0.3) is 0 Å². The van der Waals surface area contributed by atoms with Gasteiger partial charge in [0, 0.05) is 43.4 Å². The van der Waals surface area contributed by atoms with Crippen LogP contribution in [0.2, 0.25) is 0 Å². The van der Waals surface area contributed by atoms with Crippen LogP contribution >= 0.6 is 0 Å². The van der Waals surface area contributed by atoms with Crippen LogP contribution in [0.15, 0.2) is 36.5 Å². The van der Waals surface area contributed by atoms with Crippen LogP contribution in [0.1, 0.15) is 12.8 Å². The fraction of sp³-hybridized carbons (Fsp3) is 0.250. The molecule has 0 unspecified atom stereocenters. The molecule has 1 aromatic carbocycles. The van der Waals surface area contributed by atoms with E-state index in [0.29, 0.717) is 12.2 Å². The number of carbonyl (C=O) groups is 3. The van der Waals surface area contributed by atoms with Gasteiger partial charge in [-0.05, 0) is 18.2 Å². The number of anilines is 1. The first-order valence-corrected chi connectivity index (χ1v) is 7.60. The van der Waals surface area contributed by atoms with E-state index in [9.17, 15) is 14.4 Å². The number of aromatic amines is 1. The second-order valence-electron chi connectivity index (χ2n) is 5.44. The van der Waals surface area contributed by atoms with E-state index in [2.05, 4.69) is 20.8 Å². The van der Waals surface area contributed by atoms with Crippen molar-refractivity contribution in [1.29, 1.82) is 0 Å². The lowest BCUT2D eigenvalue weighted by Gasteiger charge is -2.26. The molecule has 1 saturated heterocycles. The van der Waals surface area contributed by atoms with E-state index in [1.54, 1.807) is 12.3 Å². The fourth-order valence-electron chi connectivity index (χ4n) is 2.45. The highest BCUT2D eigenvalue weighted by atomic mass is 16.2. The Morgan fingerprint density at radius 2 is 2.17 bits per heavy atom. The normalized spacial score (nSPS) is 14.4. The second kappa shape index (κ2) is 6.95. The molecule has 1 fully saturated rings. The molecule has 8 nitrogen and oxygen atoms in total. The van der Waals surface area contributed by atoms with Crippen molar-refractivity contribution in [2.75, 3.05) is 18.4 Å². The van der Waals surface area contributed by atoms with Crippen LogP contribution in [0.25, 0.3) is 11.3 Å². The molecule has 124 valence electrons. The van der Waals surface area contributed by atoms with E-state index >= 15 is 0 Å². The molecule has 0 saturated carbocycles. The summed E-state index contributed by atoms with van der Waals surface area (Å²) in [6.07, 6.45) is 2.09. The summed E-state index contributed by atoms with van der Waals surface area (Å²) in [5.41, 5.74) is 2.45. The number of urea groups is 1. The Balaban J connectivity index is 1.54. The highest BCUT2D eigenvalue weighted by Gasteiger charge is 2.22. The summed E-state index contributed by atoms with van der Waals surface area (Å²) in [5, 5.41) is 11.8. The summed E-state index contributed by atoms with van der Waals surface area (Å²) in [6.45, 7) is 0.610. The first-order chi connectivity index (χ1) is 11.6. The number of nitrogens with one attached hydrogen (secondary N) is 3. The Morgan fingerprint density at radius 3 is 2.92 bits per heavy atom. The molecule has 0 aliphatic carbocycles. The number of aromatic nitrogens is 2. The van der Waals surface area contributed by atoms with Gasteiger partial charge in [0.05, 0.1) is 5.69 Å². The summed E-state index contributed by atoms with van der Waals surface area (Å²) in [7, 11) is 0. The molecule has 24 heavy (non-hydrogen) atoms. The number of nitrogens with zero attached hydrogens (tertiary/aromatic N) is 2. The predicted molar refractivity (Wildman–Crippen MR) is 87.0 cm³/mol. The third-order valence-corrected chi connectivity index (χ3v) is 3.71. The first kappa shape index (κ1) is 15.7. The monoisotopic (exact) mass is 327 g/mol. The van der Waals surface area contributed by atoms with Crippen LogP contribution in [0.3, 0.4) is 0 Å². The lowest BCUT2D eigenvalue weighted by atomic mass is 10.1. The van der Waals surface area contributed by atoms with E-state index in [1.165, 1.54) is 4.90 Å². The van der Waals surface area contributed by atoms with Crippen molar-refractivity contribution in [2.24, 2.45) is 0 Å². The highest BCUT2D eigenvalue weighted by Crippen LogP contribution is 2.20. The Kier molecular flexibility index (Phi) is 4.55. The van der Waals surface area contributed by atoms with E-state index in [-0.39, 0.29) is 31.2 Å². The number of hydrogen-bond acceptors (Lipinski definition) is 4. The van der Waals surface area contributed by atoms with Crippen LogP contribution in [0, 0.1) is 0 Å². The summed E-state index contributed by atoms with van der Waals surface area (Å²) in [6, 6.07) is 8.80. The largest absolute Gasteiger partial charge is 0.326 e. The van der Waals surface area contributed by atoms with Gasteiger partial charge in [0.1, 0.15) is 0 Å². The first-order valence-electron chi connectivity index (χ1n) is 7.60. The fourth-order valence-corrected chi connectivity index (χ4v) is 2.45. The minimum absolute atomic E-state index is 0.163. The molecule has 2 heterocycles. The smallest absolute Gasteiger partial charge is 0.324 e. The number of H-pyrrole nitrogens is 1. The van der Waals surface area contributed by atoms with Gasteiger partial charge in [-0.1, -0.05) is 12.1 Å². The van der Waals surface area contributed by atoms with Crippen molar-refractivity contribution in [3.05, 3.63) is 36.5 Å². The molecule has 4 amide bonds. The molecular formula is C16H17N5O3. The van der Waals surface area contributed by atoms with Gasteiger partial charge in [-0.15, -0.1) is 0 Å². The molecular weight excluding hydrogens is 310 g/mol. The topological polar surface area (TPSA) is 107 Å². The molecule has 3 N–H and O–H groups in total. The number of rotatable bonds is 5. The van der Waals surface area contributed by atoms with Crippen molar-refractivity contribution in [2.45, 2.75) is 12.8 Å². The van der Waals surface area contributed by atoms with Gasteiger partial charge in [0.15, 0.2) is 0 Å². The Morgan fingerprint density at radius 1 is 1.29 bits per heavy atom. The SMILES string of the molecule is O=C1CCN(CCC(=O)Nc2cccc(-c3ccn[nH]3)c2)C(=O)N1. The van der Waals surface area contributed by atoms with Crippen LogP contribution in [-0.2, 0) is 9.59 Å². The zero-order valence-electron chi connectivity index (χ0n) is 12.9. The van der Waals surface area contributed by atoms with Crippen LogP contribution in [0.5, 0.6) is 0 Å². The van der Waals surface area contributed by atoms with Crippen molar-refractivity contribution in [1.82, 2.24) is 20.4 Å². The second-order valence-corrected chi connectivity index (χ2v) is 5.44. The summed E-state index contributed by atoms with van der Waals surface area (Å²) in [5.74, 6) is -0.474. The van der Waals surface area contributed by atoms with Gasteiger partial charge < -0.3 is 10.2 Å². The molecule has 0 atom stereocenters. The van der Waals surface area contributed by atoms with Crippen molar-refractivity contribution < 1.29 is 14.4 Å². The van der Waals surface area contributed by atoms with E-state index < -0.39 is 6.03 Å². The minimum Gasteiger partial charge on any atom is -0.326 e. The van der Waals surface area contributed by atoms with Gasteiger partial charge in [-0.3, -0.25) is 20.0 Å². The van der Waals surface area contributed by atoms with Crippen molar-refractivity contribution >= 4 is 23.5 Å². The molecule has 8 heteroatoms. The number of imide groups is 1. The zero-order valence-corrected chi connectivity index (χ0v) is 12.9. The van der Waals surface area contributed by atoms with E-state index in [1.807, 2.05) is 24.3 Å². The Hall–Kier alpha value is -3.16. The predicted octanol–water partition coefficient (Wildman–Crippen LogP) is 1.35. The average Bonchev–Trinajstić information content (AvgIpc) is 3.09. The number of amides is 4. The molecule has 1 aromatic heterocycles. The van der Waals surface area contributed by atoms with Gasteiger partial charge in [0.2, 0.25) is 11.8 Å². The molecule has 0 bridgehead atoms. The zero-order chi connectivity index (χ0) is 16.9. The standard InChI is InChI=1S/C16H17N5O3/c22-14(5-8-21-9-6-15(23)19-16(21)24)18-12-3-1-2-11(10-12)13-4-7-17-20-13/h1-4,7,10H,5-6,8-9H2,(H,17,20)(H,18,22)(H,19,23,24). The lowest BCUT2D eigenvalue weighted by molar-refractivity contribution is -0.121. The van der Waals surface area contributed by atoms with Crippen molar-refractivity contribution in [3.63, 3.8) is 0 Å². The number of hydrogen-bond donors (Lipinski definition) is 3. The van der Waals surface area contributed by atoms with Crippen LogP contribution in [0.4, 0.5) is 10.5 Å². The third kappa shape index (κ3) is 3.78. The average molecular weight is 327 g/mol.